The molecule has 4 N–H and O–H groups in total. The van der Waals surface area contributed by atoms with Crippen LogP contribution >= 0.6 is 0 Å². The summed E-state index contributed by atoms with van der Waals surface area (Å²) in [5.74, 6) is 1.09. The third-order valence-corrected chi connectivity index (χ3v) is 6.53. The van der Waals surface area contributed by atoms with E-state index in [1.807, 2.05) is 24.3 Å². The summed E-state index contributed by atoms with van der Waals surface area (Å²) in [5, 5.41) is 6.81. The van der Waals surface area contributed by atoms with Crippen molar-refractivity contribution in [1.82, 2.24) is 4.98 Å². The van der Waals surface area contributed by atoms with Gasteiger partial charge in [0.1, 0.15) is 5.82 Å². The van der Waals surface area contributed by atoms with E-state index in [1.165, 1.54) is 18.5 Å². The highest BCUT2D eigenvalue weighted by molar-refractivity contribution is 5.79. The number of pyridine rings is 1. The number of carbonyl (C=O) groups is 1. The highest BCUT2D eigenvalue weighted by atomic mass is 16.5. The Morgan fingerprint density at radius 2 is 1.86 bits per heavy atom. The van der Waals surface area contributed by atoms with Gasteiger partial charge in [-0.15, -0.1) is 0 Å². The lowest BCUT2D eigenvalue weighted by Crippen LogP contribution is -2.33. The second-order valence-corrected chi connectivity index (χ2v) is 9.09. The Bertz CT molecular complexity index is 1080. The number of nitrogens with zero attached hydrogens (tertiary/aromatic N) is 2. The van der Waals surface area contributed by atoms with E-state index >= 15 is 0 Å². The molecule has 0 aliphatic carbocycles. The van der Waals surface area contributed by atoms with Gasteiger partial charge in [-0.2, -0.15) is 0 Å². The second kappa shape index (κ2) is 12.2. The van der Waals surface area contributed by atoms with Crippen LogP contribution in [0.5, 0.6) is 0 Å². The summed E-state index contributed by atoms with van der Waals surface area (Å²) in [6.07, 6.45) is 5.43. The largest absolute Gasteiger partial charge is 0.385 e. The molecule has 7 heteroatoms. The molecule has 1 aromatic heterocycles. The lowest BCUT2D eigenvalue weighted by Gasteiger charge is -2.33. The van der Waals surface area contributed by atoms with Crippen LogP contribution in [0, 0.1) is 5.92 Å². The highest BCUT2D eigenvalue weighted by Crippen LogP contribution is 2.28. The number of nitrogens with two attached hydrogens (primary N) is 1. The van der Waals surface area contributed by atoms with E-state index in [-0.39, 0.29) is 12.3 Å². The van der Waals surface area contributed by atoms with Gasteiger partial charge in [0.2, 0.25) is 5.91 Å². The maximum atomic E-state index is 11.5. The quantitative estimate of drug-likeness (QED) is 0.373. The maximum Gasteiger partial charge on any atom is 0.221 e. The molecule has 0 unspecified atom stereocenters. The fraction of sp³-hybridized carbons (Fsp3) is 0.357. The molecule has 0 spiro atoms. The first kappa shape index (κ1) is 24.5. The van der Waals surface area contributed by atoms with Gasteiger partial charge >= 0.3 is 0 Å². The molecule has 2 heterocycles. The number of aromatic nitrogens is 1. The average molecular weight is 474 g/mol. The number of piperidine rings is 1. The van der Waals surface area contributed by atoms with Gasteiger partial charge in [-0.3, -0.25) is 4.79 Å². The summed E-state index contributed by atoms with van der Waals surface area (Å²) in [6.45, 7) is 3.67. The van der Waals surface area contributed by atoms with Gasteiger partial charge in [-0.05, 0) is 55.0 Å². The molecular weight excluding hydrogens is 438 g/mol. The van der Waals surface area contributed by atoms with Crippen molar-refractivity contribution in [1.29, 1.82) is 0 Å². The molecule has 184 valence electrons. The Labute approximate surface area is 207 Å². The van der Waals surface area contributed by atoms with Crippen LogP contribution in [0.2, 0.25) is 0 Å². The molecule has 7 nitrogen and oxygen atoms in total. The van der Waals surface area contributed by atoms with E-state index in [2.05, 4.69) is 56.9 Å². The van der Waals surface area contributed by atoms with Crippen molar-refractivity contribution in [2.45, 2.75) is 32.2 Å². The van der Waals surface area contributed by atoms with Crippen LogP contribution in [0.1, 0.15) is 30.4 Å². The standard InChI is InChI=1S/C28H35N5O2/c1-35-16-13-21-11-14-33(15-12-21)25-9-7-24(8-10-25)32-28-18-26(23(20-31-28)17-27(29)34)30-19-22-5-3-2-4-6-22/h2-10,18,20-21H,11-17,19H2,1H3,(H2,29,34)(H2,30,31,32). The number of amides is 1. The zero-order valence-electron chi connectivity index (χ0n) is 20.4. The summed E-state index contributed by atoms with van der Waals surface area (Å²) < 4.78 is 5.23. The number of carbonyl (C=O) groups excluding carboxylic acids is 1. The maximum absolute atomic E-state index is 11.5. The molecule has 35 heavy (non-hydrogen) atoms. The van der Waals surface area contributed by atoms with Crippen molar-refractivity contribution < 1.29 is 9.53 Å². The van der Waals surface area contributed by atoms with Crippen molar-refractivity contribution in [2.24, 2.45) is 11.7 Å². The third-order valence-electron chi connectivity index (χ3n) is 6.53. The number of rotatable bonds is 11. The number of benzene rings is 2. The summed E-state index contributed by atoms with van der Waals surface area (Å²) in [7, 11) is 1.78. The SMILES string of the molecule is COCCC1CCN(c2ccc(Nc3cc(NCc4ccccc4)c(CC(N)=O)cn3)cc2)CC1. The Hall–Kier alpha value is -3.58. The summed E-state index contributed by atoms with van der Waals surface area (Å²) in [4.78, 5) is 18.5. The molecule has 1 aliphatic rings. The summed E-state index contributed by atoms with van der Waals surface area (Å²) in [6, 6.07) is 20.6. The van der Waals surface area contributed by atoms with Crippen molar-refractivity contribution in [3.8, 4) is 0 Å². The first-order valence-electron chi connectivity index (χ1n) is 12.3. The minimum Gasteiger partial charge on any atom is -0.385 e. The zero-order valence-corrected chi connectivity index (χ0v) is 20.4. The molecule has 2 aromatic carbocycles. The number of primary amides is 1. The van der Waals surface area contributed by atoms with Crippen LogP contribution in [0.4, 0.5) is 22.9 Å². The molecule has 1 saturated heterocycles. The molecular formula is C28H35N5O2. The number of ether oxygens (including phenoxy) is 1. The van der Waals surface area contributed by atoms with E-state index in [4.69, 9.17) is 10.5 Å². The number of hydrogen-bond donors (Lipinski definition) is 3. The third kappa shape index (κ3) is 7.20. The first-order chi connectivity index (χ1) is 17.1. The Kier molecular flexibility index (Phi) is 8.57. The average Bonchev–Trinajstić information content (AvgIpc) is 2.88. The normalized spacial score (nSPS) is 14.0. The van der Waals surface area contributed by atoms with Gasteiger partial charge in [-0.1, -0.05) is 30.3 Å². The van der Waals surface area contributed by atoms with Gasteiger partial charge in [0.25, 0.3) is 0 Å². The van der Waals surface area contributed by atoms with Crippen LogP contribution in [0.3, 0.4) is 0 Å². The minimum absolute atomic E-state index is 0.140. The van der Waals surface area contributed by atoms with E-state index < -0.39 is 0 Å². The fourth-order valence-corrected chi connectivity index (χ4v) is 4.51. The van der Waals surface area contributed by atoms with Crippen molar-refractivity contribution in [3.05, 3.63) is 78.0 Å². The van der Waals surface area contributed by atoms with E-state index in [0.717, 1.165) is 54.5 Å². The van der Waals surface area contributed by atoms with Crippen LogP contribution < -0.4 is 21.3 Å². The predicted molar refractivity (Wildman–Crippen MR) is 142 cm³/mol. The van der Waals surface area contributed by atoms with Gasteiger partial charge in [0, 0.05) is 68.2 Å². The number of anilines is 4. The van der Waals surface area contributed by atoms with Crippen LogP contribution in [0.15, 0.2) is 66.9 Å². The highest BCUT2D eigenvalue weighted by Gasteiger charge is 2.19. The summed E-state index contributed by atoms with van der Waals surface area (Å²) in [5.41, 5.74) is 10.4. The molecule has 0 bridgehead atoms. The minimum atomic E-state index is -0.381. The lowest BCUT2D eigenvalue weighted by molar-refractivity contribution is -0.117. The number of nitrogens with one attached hydrogen (secondary N) is 2. The van der Waals surface area contributed by atoms with Gasteiger partial charge in [0.15, 0.2) is 0 Å². The van der Waals surface area contributed by atoms with Gasteiger partial charge in [-0.25, -0.2) is 4.98 Å². The van der Waals surface area contributed by atoms with E-state index in [9.17, 15) is 4.79 Å². The van der Waals surface area contributed by atoms with Crippen molar-refractivity contribution in [2.75, 3.05) is 42.3 Å². The first-order valence-corrected chi connectivity index (χ1v) is 12.3. The smallest absolute Gasteiger partial charge is 0.221 e. The zero-order chi connectivity index (χ0) is 24.5. The molecule has 4 rings (SSSR count). The molecule has 0 atom stereocenters. The second-order valence-electron chi connectivity index (χ2n) is 9.09. The Morgan fingerprint density at radius 1 is 1.11 bits per heavy atom. The van der Waals surface area contributed by atoms with Crippen molar-refractivity contribution >= 4 is 28.8 Å². The molecule has 3 aromatic rings. The predicted octanol–water partition coefficient (Wildman–Crippen LogP) is 4.72. The Morgan fingerprint density at radius 3 is 2.54 bits per heavy atom. The van der Waals surface area contributed by atoms with Crippen LogP contribution in [-0.4, -0.2) is 37.7 Å². The molecule has 1 fully saturated rings. The topological polar surface area (TPSA) is 92.5 Å². The summed E-state index contributed by atoms with van der Waals surface area (Å²) >= 11 is 0. The molecule has 0 radical (unpaired) electrons. The van der Waals surface area contributed by atoms with Gasteiger partial charge < -0.3 is 26.0 Å². The Balaban J connectivity index is 1.39. The fourth-order valence-electron chi connectivity index (χ4n) is 4.51. The molecule has 0 saturated carbocycles. The van der Waals surface area contributed by atoms with Crippen LogP contribution in [-0.2, 0) is 22.5 Å². The monoisotopic (exact) mass is 473 g/mol. The van der Waals surface area contributed by atoms with Crippen LogP contribution in [0.25, 0.3) is 0 Å². The molecule has 1 amide bonds. The van der Waals surface area contributed by atoms with Crippen molar-refractivity contribution in [3.63, 3.8) is 0 Å². The number of methoxy groups -OCH3 is 1. The van der Waals surface area contributed by atoms with E-state index in [0.29, 0.717) is 12.4 Å². The van der Waals surface area contributed by atoms with E-state index in [1.54, 1.807) is 13.3 Å². The van der Waals surface area contributed by atoms with Gasteiger partial charge in [0.05, 0.1) is 6.42 Å². The number of hydrogen-bond acceptors (Lipinski definition) is 6. The molecule has 1 aliphatic heterocycles. The lowest BCUT2D eigenvalue weighted by atomic mass is 9.93.